The molecule has 0 aliphatic carbocycles. The maximum Gasteiger partial charge on any atom is 0.166 e. The van der Waals surface area contributed by atoms with Crippen LogP contribution in [-0.2, 0) is 6.54 Å². The molecule has 0 amide bonds. The van der Waals surface area contributed by atoms with Gasteiger partial charge in [0.2, 0.25) is 0 Å². The van der Waals surface area contributed by atoms with Crippen LogP contribution in [0.15, 0.2) is 70.8 Å². The van der Waals surface area contributed by atoms with Gasteiger partial charge in [-0.3, -0.25) is 0 Å². The van der Waals surface area contributed by atoms with Gasteiger partial charge in [0, 0.05) is 29.8 Å². The van der Waals surface area contributed by atoms with Crippen molar-refractivity contribution in [2.24, 2.45) is 16.3 Å². The molecule has 0 saturated carbocycles. The van der Waals surface area contributed by atoms with Crippen LogP contribution in [0, 0.1) is 12.8 Å². The minimum Gasteiger partial charge on any atom is -0.494 e. The molecule has 1 atom stereocenters. The van der Waals surface area contributed by atoms with Crippen LogP contribution in [0.25, 0.3) is 0 Å². The van der Waals surface area contributed by atoms with E-state index in [2.05, 4.69) is 74.4 Å². The van der Waals surface area contributed by atoms with Crippen LogP contribution in [0.2, 0.25) is 0 Å². The minimum atomic E-state index is 0.384. The number of aryl methyl sites for hydroxylation is 1. The normalized spacial score (nSPS) is 19.0. The number of allylic oxidation sites excluding steroid dienone is 1. The first-order valence-electron chi connectivity index (χ1n) is 9.26. The van der Waals surface area contributed by atoms with Gasteiger partial charge in [-0.1, -0.05) is 43.7 Å². The molecule has 0 aromatic heterocycles. The zero-order valence-electron chi connectivity index (χ0n) is 16.1. The maximum absolute atomic E-state index is 5.85. The second-order valence-corrected chi connectivity index (χ2v) is 7.41. The summed E-state index contributed by atoms with van der Waals surface area (Å²) in [5.74, 6) is 1.55. The van der Waals surface area contributed by atoms with Crippen molar-refractivity contribution in [2.75, 3.05) is 6.61 Å². The Bertz CT molecular complexity index is 791. The smallest absolute Gasteiger partial charge is 0.166 e. The molecule has 1 aliphatic rings. The summed E-state index contributed by atoms with van der Waals surface area (Å²) in [6.07, 6.45) is 2.91. The van der Waals surface area contributed by atoms with Crippen LogP contribution in [0.3, 0.4) is 0 Å². The fourth-order valence-electron chi connectivity index (χ4n) is 3.03. The summed E-state index contributed by atoms with van der Waals surface area (Å²) in [6.45, 7) is 10.1. The SMILES string of the molecule is CC1=CN=N[N+]1(Cc1ccc(C)cc1)c1ccc(OCCC(C)C)cc1. The molecule has 2 aromatic rings. The van der Waals surface area contributed by atoms with Crippen LogP contribution in [0.4, 0.5) is 5.69 Å². The Balaban J connectivity index is 1.81. The largest absolute Gasteiger partial charge is 0.494 e. The number of nitrogens with zero attached hydrogens (tertiary/aromatic N) is 3. The van der Waals surface area contributed by atoms with E-state index in [9.17, 15) is 0 Å². The van der Waals surface area contributed by atoms with E-state index >= 15 is 0 Å². The van der Waals surface area contributed by atoms with Gasteiger partial charge in [-0.15, -0.1) is 9.71 Å². The van der Waals surface area contributed by atoms with Crippen molar-refractivity contribution in [1.29, 1.82) is 0 Å². The second kappa shape index (κ2) is 7.83. The molecule has 0 N–H and O–H groups in total. The highest BCUT2D eigenvalue weighted by molar-refractivity contribution is 5.50. The van der Waals surface area contributed by atoms with Gasteiger partial charge < -0.3 is 4.74 Å². The Hall–Kier alpha value is -2.46. The lowest BCUT2D eigenvalue weighted by Gasteiger charge is -2.27. The van der Waals surface area contributed by atoms with Crippen LogP contribution in [0.1, 0.15) is 38.3 Å². The number of hydrogen-bond donors (Lipinski definition) is 0. The Labute approximate surface area is 156 Å². The lowest BCUT2D eigenvalue weighted by atomic mass is 10.1. The van der Waals surface area contributed by atoms with Crippen molar-refractivity contribution < 1.29 is 4.74 Å². The van der Waals surface area contributed by atoms with E-state index in [1.54, 1.807) is 0 Å². The zero-order chi connectivity index (χ0) is 18.6. The van der Waals surface area contributed by atoms with Crippen molar-refractivity contribution >= 4 is 5.69 Å². The molecule has 4 heteroatoms. The number of rotatable bonds is 7. The zero-order valence-corrected chi connectivity index (χ0v) is 16.1. The fourth-order valence-corrected chi connectivity index (χ4v) is 3.03. The molecule has 0 saturated heterocycles. The van der Waals surface area contributed by atoms with Crippen molar-refractivity contribution in [3.05, 3.63) is 71.6 Å². The monoisotopic (exact) mass is 350 g/mol. The molecular formula is C22H28N3O+. The molecule has 3 rings (SSSR count). The molecule has 1 aliphatic heterocycles. The van der Waals surface area contributed by atoms with Gasteiger partial charge in [0.15, 0.2) is 11.4 Å². The number of ether oxygens (including phenoxy) is 1. The standard InChI is InChI=1S/C22H28N3O/c1-17(2)13-14-26-22-11-9-21(10-12-22)25(19(4)15-23-24-25)16-20-7-5-18(3)6-8-20/h5-12,15,17H,13-14,16H2,1-4H3/q+1. The topological polar surface area (TPSA) is 34.0 Å². The van der Waals surface area contributed by atoms with Gasteiger partial charge >= 0.3 is 0 Å². The summed E-state index contributed by atoms with van der Waals surface area (Å²) in [5, 5.41) is 8.78. The van der Waals surface area contributed by atoms with Crippen LogP contribution < -0.4 is 9.33 Å². The molecule has 4 nitrogen and oxygen atoms in total. The van der Waals surface area contributed by atoms with Crippen molar-refractivity contribution in [3.63, 3.8) is 0 Å². The summed E-state index contributed by atoms with van der Waals surface area (Å²) in [4.78, 5) is 0. The van der Waals surface area contributed by atoms with Crippen molar-refractivity contribution in [3.8, 4) is 5.75 Å². The molecule has 0 bridgehead atoms. The fraction of sp³-hybridized carbons (Fsp3) is 0.364. The lowest BCUT2D eigenvalue weighted by molar-refractivity contribution is 0.289. The Morgan fingerprint density at radius 2 is 1.65 bits per heavy atom. The average Bonchev–Trinajstić information content (AvgIpc) is 2.99. The van der Waals surface area contributed by atoms with E-state index in [1.807, 2.05) is 18.3 Å². The van der Waals surface area contributed by atoms with Crippen LogP contribution >= 0.6 is 0 Å². The summed E-state index contributed by atoms with van der Waals surface area (Å²) < 4.78 is 6.23. The Kier molecular flexibility index (Phi) is 5.52. The third-order valence-electron chi connectivity index (χ3n) is 4.79. The highest BCUT2D eigenvalue weighted by Crippen LogP contribution is 2.36. The maximum atomic E-state index is 5.85. The first-order chi connectivity index (χ1) is 12.5. The van der Waals surface area contributed by atoms with E-state index in [4.69, 9.17) is 4.74 Å². The van der Waals surface area contributed by atoms with Gasteiger partial charge in [-0.05, 0) is 31.4 Å². The average molecular weight is 350 g/mol. The van der Waals surface area contributed by atoms with Gasteiger partial charge in [-0.25, -0.2) is 0 Å². The van der Waals surface area contributed by atoms with Crippen LogP contribution in [0.5, 0.6) is 5.75 Å². The second-order valence-electron chi connectivity index (χ2n) is 7.41. The molecule has 136 valence electrons. The predicted molar refractivity (Wildman–Crippen MR) is 107 cm³/mol. The molecule has 1 unspecified atom stereocenters. The molecule has 0 spiro atoms. The Morgan fingerprint density at radius 1 is 0.962 bits per heavy atom. The first kappa shape index (κ1) is 18.3. The van der Waals surface area contributed by atoms with Gasteiger partial charge in [0.25, 0.3) is 0 Å². The van der Waals surface area contributed by atoms with Gasteiger partial charge in [-0.2, -0.15) is 0 Å². The third-order valence-corrected chi connectivity index (χ3v) is 4.79. The molecule has 0 fully saturated rings. The van der Waals surface area contributed by atoms with Crippen molar-refractivity contribution in [2.45, 2.75) is 40.7 Å². The summed E-state index contributed by atoms with van der Waals surface area (Å²) in [6, 6.07) is 16.9. The summed E-state index contributed by atoms with van der Waals surface area (Å²) in [7, 11) is 0. The molecular weight excluding hydrogens is 322 g/mol. The number of quaternary nitrogens is 1. The molecule has 26 heavy (non-hydrogen) atoms. The Morgan fingerprint density at radius 3 is 2.23 bits per heavy atom. The molecule has 0 radical (unpaired) electrons. The van der Waals surface area contributed by atoms with E-state index in [0.29, 0.717) is 10.5 Å². The highest BCUT2D eigenvalue weighted by Gasteiger charge is 2.38. The minimum absolute atomic E-state index is 0.384. The van der Waals surface area contributed by atoms with Crippen molar-refractivity contribution in [1.82, 2.24) is 4.59 Å². The van der Waals surface area contributed by atoms with E-state index in [1.165, 1.54) is 11.1 Å². The summed E-state index contributed by atoms with van der Waals surface area (Å²) >= 11 is 0. The van der Waals surface area contributed by atoms with E-state index in [0.717, 1.165) is 36.7 Å². The van der Waals surface area contributed by atoms with E-state index in [-0.39, 0.29) is 0 Å². The van der Waals surface area contributed by atoms with Gasteiger partial charge in [0.1, 0.15) is 18.5 Å². The first-order valence-corrected chi connectivity index (χ1v) is 9.26. The predicted octanol–water partition coefficient (Wildman–Crippen LogP) is 6.17. The van der Waals surface area contributed by atoms with Gasteiger partial charge in [0.05, 0.1) is 6.61 Å². The highest BCUT2D eigenvalue weighted by atomic mass is 16.5. The van der Waals surface area contributed by atoms with Crippen LogP contribution in [-0.4, -0.2) is 6.61 Å². The molecule has 2 aromatic carbocycles. The van der Waals surface area contributed by atoms with E-state index < -0.39 is 0 Å². The number of hydrogen-bond acceptors (Lipinski definition) is 3. The third kappa shape index (κ3) is 4.02. The quantitative estimate of drug-likeness (QED) is 0.550. The lowest BCUT2D eigenvalue weighted by Crippen LogP contribution is -2.39. The number of benzene rings is 2. The summed E-state index contributed by atoms with van der Waals surface area (Å²) in [5.41, 5.74) is 4.70. The molecule has 1 heterocycles.